The van der Waals surface area contributed by atoms with Gasteiger partial charge in [0.1, 0.15) is 5.76 Å². The number of nitrogens with zero attached hydrogens (tertiary/aromatic N) is 2. The molecule has 1 amide bonds. The summed E-state index contributed by atoms with van der Waals surface area (Å²) in [6.45, 7) is 6.86. The Kier molecular flexibility index (Phi) is 7.01. The fraction of sp³-hybridized carbons (Fsp3) is 0.333. The van der Waals surface area contributed by atoms with Crippen LogP contribution in [0.2, 0.25) is 10.0 Å². The normalized spacial score (nSPS) is 18.8. The molecule has 8 heteroatoms. The molecule has 0 bridgehead atoms. The van der Waals surface area contributed by atoms with Gasteiger partial charge in [-0.15, -0.1) is 11.3 Å². The molecule has 1 aliphatic heterocycles. The highest BCUT2D eigenvalue weighted by Gasteiger charge is 2.46. The Bertz CT molecular complexity index is 939. The first kappa shape index (κ1) is 21.8. The minimum absolute atomic E-state index is 0.0791. The van der Waals surface area contributed by atoms with Gasteiger partial charge in [-0.05, 0) is 42.7 Å². The Hall–Kier alpha value is -1.86. The van der Waals surface area contributed by atoms with Crippen molar-refractivity contribution in [1.29, 1.82) is 0 Å². The standard InChI is InChI=1S/C21H22Cl2N2O3S/c1-3-24(4-2)9-10-25-18(16-6-5-11-29-16)17(20(27)21(25)28)19(26)13-7-8-14(22)15(23)12-13/h5-8,11-12,18,26H,3-4,9-10H2,1-2H3/b19-17-. The number of hydrogen-bond donors (Lipinski definition) is 1. The summed E-state index contributed by atoms with van der Waals surface area (Å²) in [6.07, 6.45) is 0. The minimum Gasteiger partial charge on any atom is -0.507 e. The van der Waals surface area contributed by atoms with E-state index in [4.69, 9.17) is 23.2 Å². The van der Waals surface area contributed by atoms with Gasteiger partial charge in [0.05, 0.1) is 21.7 Å². The van der Waals surface area contributed by atoms with Crippen molar-refractivity contribution in [2.45, 2.75) is 19.9 Å². The molecule has 1 atom stereocenters. The highest BCUT2D eigenvalue weighted by Crippen LogP contribution is 2.41. The monoisotopic (exact) mass is 452 g/mol. The maximum absolute atomic E-state index is 12.9. The molecule has 1 aliphatic rings. The van der Waals surface area contributed by atoms with Gasteiger partial charge >= 0.3 is 0 Å². The number of aliphatic hydroxyl groups is 1. The molecule has 1 saturated heterocycles. The maximum Gasteiger partial charge on any atom is 0.295 e. The number of rotatable bonds is 7. The van der Waals surface area contributed by atoms with Crippen molar-refractivity contribution in [3.63, 3.8) is 0 Å². The van der Waals surface area contributed by atoms with Crippen LogP contribution in [0.25, 0.3) is 5.76 Å². The van der Waals surface area contributed by atoms with Gasteiger partial charge in [0.25, 0.3) is 11.7 Å². The Labute approximate surface area is 184 Å². The molecular formula is C21H22Cl2N2O3S. The number of benzene rings is 1. The Morgan fingerprint density at radius 3 is 2.48 bits per heavy atom. The molecule has 0 spiro atoms. The van der Waals surface area contributed by atoms with E-state index >= 15 is 0 Å². The summed E-state index contributed by atoms with van der Waals surface area (Å²) < 4.78 is 0. The number of aliphatic hydroxyl groups excluding tert-OH is 1. The number of ketones is 1. The number of thiophene rings is 1. The van der Waals surface area contributed by atoms with Crippen LogP contribution in [0.5, 0.6) is 0 Å². The van der Waals surface area contributed by atoms with Gasteiger partial charge in [0, 0.05) is 23.5 Å². The van der Waals surface area contributed by atoms with Crippen molar-refractivity contribution < 1.29 is 14.7 Å². The lowest BCUT2D eigenvalue weighted by atomic mass is 10.00. The molecule has 1 aromatic carbocycles. The highest BCUT2D eigenvalue weighted by atomic mass is 35.5. The van der Waals surface area contributed by atoms with Gasteiger partial charge in [-0.2, -0.15) is 0 Å². The van der Waals surface area contributed by atoms with Gasteiger partial charge < -0.3 is 14.9 Å². The quantitative estimate of drug-likeness (QED) is 0.371. The maximum atomic E-state index is 12.9. The number of hydrogen-bond acceptors (Lipinski definition) is 5. The molecule has 3 rings (SSSR count). The molecule has 2 heterocycles. The summed E-state index contributed by atoms with van der Waals surface area (Å²) in [4.78, 5) is 30.3. The first-order chi connectivity index (χ1) is 13.9. The van der Waals surface area contributed by atoms with Crippen LogP contribution in [0.3, 0.4) is 0 Å². The fourth-order valence-electron chi connectivity index (χ4n) is 3.44. The van der Waals surface area contributed by atoms with E-state index in [-0.39, 0.29) is 16.4 Å². The van der Waals surface area contributed by atoms with Gasteiger partial charge in [0.15, 0.2) is 0 Å². The van der Waals surface area contributed by atoms with Crippen molar-refractivity contribution in [3.05, 3.63) is 61.8 Å². The minimum atomic E-state index is -0.688. The SMILES string of the molecule is CCN(CC)CCN1C(=O)C(=O)/C(=C(\O)c2ccc(Cl)c(Cl)c2)C1c1cccs1. The zero-order valence-corrected chi connectivity index (χ0v) is 18.5. The van der Waals surface area contributed by atoms with Crippen LogP contribution in [-0.2, 0) is 9.59 Å². The molecule has 0 saturated carbocycles. The first-order valence-electron chi connectivity index (χ1n) is 9.38. The summed E-state index contributed by atoms with van der Waals surface area (Å²) in [5.74, 6) is -1.53. The molecule has 0 radical (unpaired) electrons. The van der Waals surface area contributed by atoms with Crippen LogP contribution in [0.15, 0.2) is 41.3 Å². The summed E-state index contributed by atoms with van der Waals surface area (Å²) in [5, 5.41) is 13.4. The van der Waals surface area contributed by atoms with Crippen LogP contribution in [0, 0.1) is 0 Å². The number of likely N-dealkylation sites (tertiary alicyclic amines) is 1. The number of carbonyl (C=O) groups excluding carboxylic acids is 2. The van der Waals surface area contributed by atoms with E-state index in [2.05, 4.69) is 18.7 Å². The van der Waals surface area contributed by atoms with Crippen molar-refractivity contribution in [1.82, 2.24) is 9.80 Å². The zero-order valence-electron chi connectivity index (χ0n) is 16.2. The number of carbonyl (C=O) groups is 2. The van der Waals surface area contributed by atoms with E-state index in [0.29, 0.717) is 23.7 Å². The topological polar surface area (TPSA) is 60.9 Å². The highest BCUT2D eigenvalue weighted by molar-refractivity contribution is 7.10. The van der Waals surface area contributed by atoms with Crippen LogP contribution in [0.4, 0.5) is 0 Å². The second-order valence-electron chi connectivity index (χ2n) is 6.66. The predicted octanol–water partition coefficient (Wildman–Crippen LogP) is 4.82. The molecule has 1 fully saturated rings. The van der Waals surface area contributed by atoms with Gasteiger partial charge in [-0.25, -0.2) is 0 Å². The van der Waals surface area contributed by atoms with E-state index in [1.807, 2.05) is 17.5 Å². The lowest BCUT2D eigenvalue weighted by molar-refractivity contribution is -0.140. The van der Waals surface area contributed by atoms with E-state index in [1.54, 1.807) is 17.0 Å². The molecule has 1 N–H and O–H groups in total. The van der Waals surface area contributed by atoms with Crippen molar-refractivity contribution in [2.75, 3.05) is 26.2 Å². The van der Waals surface area contributed by atoms with Crippen LogP contribution < -0.4 is 0 Å². The summed E-state index contributed by atoms with van der Waals surface area (Å²) in [6, 6.07) is 7.74. The van der Waals surface area contributed by atoms with Gasteiger partial charge in [-0.3, -0.25) is 9.59 Å². The smallest absolute Gasteiger partial charge is 0.295 e. The third kappa shape index (κ3) is 4.36. The summed E-state index contributed by atoms with van der Waals surface area (Å²) >= 11 is 13.5. The molecule has 154 valence electrons. The first-order valence-corrected chi connectivity index (χ1v) is 11.0. The number of Topliss-reactive ketones (excluding diaryl/α,β-unsaturated/α-hetero) is 1. The lowest BCUT2D eigenvalue weighted by Crippen LogP contribution is -2.37. The van der Waals surface area contributed by atoms with Crippen molar-refractivity contribution in [2.24, 2.45) is 0 Å². The third-order valence-electron chi connectivity index (χ3n) is 5.10. The van der Waals surface area contributed by atoms with Crippen molar-refractivity contribution >= 4 is 52.0 Å². The Morgan fingerprint density at radius 1 is 1.17 bits per heavy atom. The predicted molar refractivity (Wildman–Crippen MR) is 118 cm³/mol. The van der Waals surface area contributed by atoms with Gasteiger partial charge in [0.2, 0.25) is 0 Å². The van der Waals surface area contributed by atoms with Crippen molar-refractivity contribution in [3.8, 4) is 0 Å². The number of halogens is 2. The molecule has 29 heavy (non-hydrogen) atoms. The third-order valence-corrected chi connectivity index (χ3v) is 6.76. The second kappa shape index (κ2) is 9.30. The second-order valence-corrected chi connectivity index (χ2v) is 8.46. The van der Waals surface area contributed by atoms with Crippen LogP contribution >= 0.6 is 34.5 Å². The summed E-state index contributed by atoms with van der Waals surface area (Å²) in [7, 11) is 0. The van der Waals surface area contributed by atoms with E-state index in [0.717, 1.165) is 18.0 Å². The largest absolute Gasteiger partial charge is 0.507 e. The molecule has 1 aromatic heterocycles. The molecule has 5 nitrogen and oxygen atoms in total. The van der Waals surface area contributed by atoms with E-state index < -0.39 is 17.7 Å². The summed E-state index contributed by atoms with van der Waals surface area (Å²) in [5.41, 5.74) is 0.429. The number of amides is 1. The molecule has 2 aromatic rings. The number of likely N-dealkylation sites (N-methyl/N-ethyl adjacent to an activating group) is 1. The molecule has 1 unspecified atom stereocenters. The van der Waals surface area contributed by atoms with E-state index in [1.165, 1.54) is 17.4 Å². The average Bonchev–Trinajstić information content (AvgIpc) is 3.32. The fourth-order valence-corrected chi connectivity index (χ4v) is 4.58. The molecular weight excluding hydrogens is 431 g/mol. The van der Waals surface area contributed by atoms with Gasteiger partial charge in [-0.1, -0.05) is 43.1 Å². The Balaban J connectivity index is 2.06. The van der Waals surface area contributed by atoms with E-state index in [9.17, 15) is 14.7 Å². The Morgan fingerprint density at radius 2 is 1.90 bits per heavy atom. The average molecular weight is 453 g/mol. The lowest BCUT2D eigenvalue weighted by Gasteiger charge is -2.27. The molecule has 0 aliphatic carbocycles. The van der Waals surface area contributed by atoms with Crippen LogP contribution in [0.1, 0.15) is 30.3 Å². The van der Waals surface area contributed by atoms with Crippen LogP contribution in [-0.4, -0.2) is 52.8 Å². The zero-order chi connectivity index (χ0) is 21.1.